The fourth-order valence-corrected chi connectivity index (χ4v) is 2.80. The summed E-state index contributed by atoms with van der Waals surface area (Å²) in [7, 11) is 0. The Morgan fingerprint density at radius 2 is 1.76 bits per heavy atom. The molecule has 0 heterocycles. The molecule has 11 nitrogen and oxygen atoms in total. The lowest BCUT2D eigenvalue weighted by Crippen LogP contribution is -2.51. The van der Waals surface area contributed by atoms with Crippen LogP contribution in [0, 0.1) is 5.92 Å². The molecule has 0 aliphatic rings. The Morgan fingerprint density at radius 1 is 1.12 bits per heavy atom. The zero-order valence-electron chi connectivity index (χ0n) is 20.3. The first-order valence-corrected chi connectivity index (χ1v) is 10.9. The second-order valence-electron chi connectivity index (χ2n) is 9.04. The second-order valence-corrected chi connectivity index (χ2v) is 9.04. The van der Waals surface area contributed by atoms with Crippen LogP contribution in [0.15, 0.2) is 35.4 Å². The van der Waals surface area contributed by atoms with E-state index >= 15 is 0 Å². The highest BCUT2D eigenvalue weighted by atomic mass is 16.5. The molecule has 1 aromatic rings. The lowest BCUT2D eigenvalue weighted by Gasteiger charge is -2.25. The quantitative estimate of drug-likeness (QED) is 0.165. The zero-order chi connectivity index (χ0) is 25.7. The molecule has 4 amide bonds. The number of carbonyl (C=O) groups is 4. The van der Waals surface area contributed by atoms with E-state index in [1.54, 1.807) is 20.8 Å². The van der Waals surface area contributed by atoms with Crippen molar-refractivity contribution in [3.63, 3.8) is 0 Å². The van der Waals surface area contributed by atoms with Gasteiger partial charge in [0.2, 0.25) is 11.8 Å². The van der Waals surface area contributed by atoms with Gasteiger partial charge in [-0.2, -0.15) is 0 Å². The fraction of sp³-hybridized carbons (Fsp3) is 0.522. The Labute approximate surface area is 199 Å². The number of alkyl carbamates (subject to hydrolysis) is 1. The number of benzene rings is 1. The van der Waals surface area contributed by atoms with Crippen molar-refractivity contribution in [2.75, 3.05) is 0 Å². The molecule has 0 saturated heterocycles. The van der Waals surface area contributed by atoms with E-state index in [-0.39, 0.29) is 24.8 Å². The minimum absolute atomic E-state index is 0.000611. The lowest BCUT2D eigenvalue weighted by molar-refractivity contribution is -0.126. The summed E-state index contributed by atoms with van der Waals surface area (Å²) < 4.78 is 10.9. The van der Waals surface area contributed by atoms with Crippen LogP contribution in [0.4, 0.5) is 9.59 Å². The van der Waals surface area contributed by atoms with Gasteiger partial charge in [0.1, 0.15) is 24.5 Å². The molecule has 0 aliphatic carbocycles. The minimum atomic E-state index is -1.03. The summed E-state index contributed by atoms with van der Waals surface area (Å²) in [5.74, 6) is -0.499. The normalized spacial score (nSPS) is 13.4. The fourth-order valence-electron chi connectivity index (χ4n) is 2.80. The molecule has 34 heavy (non-hydrogen) atoms. The standard InChI is InChI=1S/C23H35N5O6/c1-15(2)11-18(26-22(32)33-14-16-9-7-6-8-10-16)20(30)25-17(13-29)12-19(27-28-21(24)31)34-23(3,4)5/h6-10,13,15,17-18H,11-12,14H2,1-5H3,(H,25,30)(H,26,32)(H3,24,28,31)/t17-,18-/m0/s1. The summed E-state index contributed by atoms with van der Waals surface area (Å²) in [6, 6.07) is 6.26. The maximum Gasteiger partial charge on any atom is 0.408 e. The first-order chi connectivity index (χ1) is 15.9. The van der Waals surface area contributed by atoms with E-state index in [2.05, 4.69) is 21.2 Å². The van der Waals surface area contributed by atoms with Crippen molar-refractivity contribution in [3.05, 3.63) is 35.9 Å². The summed E-state index contributed by atoms with van der Waals surface area (Å²) in [4.78, 5) is 47.8. The van der Waals surface area contributed by atoms with E-state index in [4.69, 9.17) is 15.2 Å². The largest absolute Gasteiger partial charge is 0.474 e. The van der Waals surface area contributed by atoms with E-state index in [0.717, 1.165) is 5.56 Å². The van der Waals surface area contributed by atoms with Gasteiger partial charge in [-0.25, -0.2) is 15.0 Å². The van der Waals surface area contributed by atoms with Crippen molar-refractivity contribution >= 4 is 30.2 Å². The summed E-state index contributed by atoms with van der Waals surface area (Å²) in [6.45, 7) is 9.11. The first-order valence-electron chi connectivity index (χ1n) is 10.9. The van der Waals surface area contributed by atoms with Crippen LogP contribution in [-0.4, -0.2) is 47.9 Å². The Hall–Kier alpha value is -3.63. The number of nitrogens with zero attached hydrogens (tertiary/aromatic N) is 1. The van der Waals surface area contributed by atoms with Crippen molar-refractivity contribution in [1.29, 1.82) is 0 Å². The number of ether oxygens (including phenoxy) is 2. The van der Waals surface area contributed by atoms with Crippen molar-refractivity contribution in [3.8, 4) is 0 Å². The summed E-state index contributed by atoms with van der Waals surface area (Å²) in [5.41, 5.74) is 7.22. The van der Waals surface area contributed by atoms with Crippen molar-refractivity contribution < 1.29 is 28.7 Å². The molecule has 0 unspecified atom stereocenters. The highest BCUT2D eigenvalue weighted by Gasteiger charge is 2.27. The number of nitrogens with one attached hydrogen (secondary N) is 3. The molecule has 11 heteroatoms. The highest BCUT2D eigenvalue weighted by molar-refractivity contribution is 5.89. The molecule has 2 atom stereocenters. The Bertz CT molecular complexity index is 851. The van der Waals surface area contributed by atoms with Crippen LogP contribution in [0.5, 0.6) is 0 Å². The van der Waals surface area contributed by atoms with Gasteiger partial charge < -0.3 is 30.6 Å². The van der Waals surface area contributed by atoms with Gasteiger partial charge in [-0.1, -0.05) is 44.2 Å². The molecular formula is C23H35N5O6. The van der Waals surface area contributed by atoms with E-state index in [0.29, 0.717) is 12.7 Å². The number of urea groups is 1. The Kier molecular flexibility index (Phi) is 11.5. The molecule has 0 fully saturated rings. The van der Waals surface area contributed by atoms with Crippen LogP contribution in [-0.2, 0) is 25.7 Å². The number of hydrazone groups is 1. The highest BCUT2D eigenvalue weighted by Crippen LogP contribution is 2.11. The van der Waals surface area contributed by atoms with Gasteiger partial charge in [-0.05, 0) is 38.7 Å². The predicted octanol–water partition coefficient (Wildman–Crippen LogP) is 2.20. The Balaban J connectivity index is 2.82. The van der Waals surface area contributed by atoms with Crippen LogP contribution < -0.4 is 21.8 Å². The van der Waals surface area contributed by atoms with Crippen molar-refractivity contribution in [2.45, 2.75) is 71.8 Å². The molecule has 1 aromatic carbocycles. The van der Waals surface area contributed by atoms with Crippen LogP contribution in [0.1, 0.15) is 53.0 Å². The van der Waals surface area contributed by atoms with Gasteiger partial charge in [-0.3, -0.25) is 4.79 Å². The minimum Gasteiger partial charge on any atom is -0.474 e. The second kappa shape index (κ2) is 13.8. The summed E-state index contributed by atoms with van der Waals surface area (Å²) in [6.07, 6.45) is -0.0550. The molecule has 188 valence electrons. The number of primary amides is 1. The average Bonchev–Trinajstić information content (AvgIpc) is 2.74. The third kappa shape index (κ3) is 12.4. The molecule has 0 radical (unpaired) electrons. The van der Waals surface area contributed by atoms with Gasteiger partial charge in [0.15, 0.2) is 0 Å². The van der Waals surface area contributed by atoms with Crippen molar-refractivity contribution in [2.24, 2.45) is 16.8 Å². The smallest absolute Gasteiger partial charge is 0.408 e. The van der Waals surface area contributed by atoms with E-state index in [1.165, 1.54) is 0 Å². The van der Waals surface area contributed by atoms with Gasteiger partial charge >= 0.3 is 12.1 Å². The number of aldehydes is 1. The van der Waals surface area contributed by atoms with Gasteiger partial charge in [-0.15, -0.1) is 5.10 Å². The number of nitrogens with two attached hydrogens (primary N) is 1. The van der Waals surface area contributed by atoms with Crippen molar-refractivity contribution in [1.82, 2.24) is 16.1 Å². The third-order valence-electron chi connectivity index (χ3n) is 4.13. The topological polar surface area (TPSA) is 161 Å². The zero-order valence-corrected chi connectivity index (χ0v) is 20.3. The van der Waals surface area contributed by atoms with Crippen LogP contribution in [0.3, 0.4) is 0 Å². The lowest BCUT2D eigenvalue weighted by atomic mass is 10.0. The van der Waals surface area contributed by atoms with E-state index in [1.807, 2.05) is 44.2 Å². The molecule has 0 bridgehead atoms. The maximum absolute atomic E-state index is 12.9. The van der Waals surface area contributed by atoms with E-state index in [9.17, 15) is 19.2 Å². The molecule has 5 N–H and O–H groups in total. The number of hydrogen-bond acceptors (Lipinski definition) is 7. The first kappa shape index (κ1) is 28.4. The molecule has 0 saturated carbocycles. The van der Waals surface area contributed by atoms with E-state index < -0.39 is 35.7 Å². The van der Waals surface area contributed by atoms with Gasteiger partial charge in [0.25, 0.3) is 0 Å². The number of hydrogen-bond donors (Lipinski definition) is 4. The third-order valence-corrected chi connectivity index (χ3v) is 4.13. The number of amides is 4. The SMILES string of the molecule is CC(C)C[C@H](NC(=O)OCc1ccccc1)C(=O)N[C@H](C=O)CC(=NNC(N)=O)OC(C)(C)C. The monoisotopic (exact) mass is 477 g/mol. The molecule has 0 spiro atoms. The van der Waals surface area contributed by atoms with Crippen LogP contribution in [0.25, 0.3) is 0 Å². The van der Waals surface area contributed by atoms with Gasteiger partial charge in [0.05, 0.1) is 12.5 Å². The predicted molar refractivity (Wildman–Crippen MR) is 127 cm³/mol. The molecular weight excluding hydrogens is 442 g/mol. The van der Waals surface area contributed by atoms with Crippen LogP contribution in [0.2, 0.25) is 0 Å². The maximum atomic E-state index is 12.9. The number of rotatable bonds is 11. The van der Waals surface area contributed by atoms with Gasteiger partial charge in [0, 0.05) is 0 Å². The summed E-state index contributed by atoms with van der Waals surface area (Å²) >= 11 is 0. The molecule has 0 aliphatic heterocycles. The van der Waals surface area contributed by atoms with Crippen LogP contribution >= 0.6 is 0 Å². The number of carbonyl (C=O) groups excluding carboxylic acids is 4. The average molecular weight is 478 g/mol. The molecule has 0 aromatic heterocycles. The Morgan fingerprint density at radius 3 is 2.29 bits per heavy atom. The molecule has 1 rings (SSSR count). The summed E-state index contributed by atoms with van der Waals surface area (Å²) in [5, 5.41) is 8.90.